The minimum atomic E-state index is -0.996. The van der Waals surface area contributed by atoms with Gasteiger partial charge in [0.05, 0.1) is 25.8 Å². The molecule has 1 heterocycles. The highest BCUT2D eigenvalue weighted by molar-refractivity contribution is 8.17. The molecule has 1 aliphatic heterocycles. The standard InChI is InChI=1S/C26H23NO6S/c1-31-23-15-20(9-12-22(23)32-14-13-18-5-3-2-4-6-18)16-24-33-27(26(30)34-24)17-19-7-10-21(11-8-19)25(28)29/h2-12,15-16H,13-14,17H2,1H3,(H,28,29)/b24-16-. The molecule has 1 fully saturated rings. The van der Waals surface area contributed by atoms with Crippen LogP contribution in [0.5, 0.6) is 11.5 Å². The maximum atomic E-state index is 12.4. The zero-order valence-corrected chi connectivity index (χ0v) is 19.3. The highest BCUT2D eigenvalue weighted by atomic mass is 32.2. The van der Waals surface area contributed by atoms with Gasteiger partial charge in [-0.3, -0.25) is 4.79 Å². The number of carbonyl (C=O) groups excluding carboxylic acids is 1. The van der Waals surface area contributed by atoms with Gasteiger partial charge in [-0.1, -0.05) is 48.5 Å². The summed E-state index contributed by atoms with van der Waals surface area (Å²) in [5, 5.41) is 10.4. The van der Waals surface area contributed by atoms with Crippen LogP contribution in [0.4, 0.5) is 4.79 Å². The SMILES string of the molecule is COc1cc(/C=C2/ON(Cc3ccc(C(=O)O)cc3)C(=O)S2)ccc1OCCc1ccccc1. The summed E-state index contributed by atoms with van der Waals surface area (Å²) in [6.07, 6.45) is 2.55. The van der Waals surface area contributed by atoms with Crippen molar-refractivity contribution >= 4 is 29.0 Å². The van der Waals surface area contributed by atoms with Crippen LogP contribution in [0, 0.1) is 0 Å². The van der Waals surface area contributed by atoms with Crippen molar-refractivity contribution in [1.82, 2.24) is 5.06 Å². The third kappa shape index (κ3) is 5.90. The fourth-order valence-electron chi connectivity index (χ4n) is 3.33. The molecule has 0 bridgehead atoms. The lowest BCUT2D eigenvalue weighted by Crippen LogP contribution is -2.20. The minimum Gasteiger partial charge on any atom is -0.493 e. The number of hydroxylamine groups is 2. The first-order valence-electron chi connectivity index (χ1n) is 10.6. The summed E-state index contributed by atoms with van der Waals surface area (Å²) in [7, 11) is 1.58. The molecule has 0 radical (unpaired) electrons. The number of carboxylic acid groups (broad SMARTS) is 1. The van der Waals surface area contributed by atoms with Crippen molar-refractivity contribution in [2.45, 2.75) is 13.0 Å². The van der Waals surface area contributed by atoms with Crippen molar-refractivity contribution in [3.8, 4) is 11.5 Å². The molecule has 4 rings (SSSR count). The van der Waals surface area contributed by atoms with E-state index < -0.39 is 5.97 Å². The quantitative estimate of drug-likeness (QED) is 0.428. The Balaban J connectivity index is 1.38. The number of benzene rings is 3. The number of carboxylic acids is 1. The minimum absolute atomic E-state index is 0.189. The first-order chi connectivity index (χ1) is 16.5. The third-order valence-corrected chi connectivity index (χ3v) is 5.85. The Kier molecular flexibility index (Phi) is 7.39. The van der Waals surface area contributed by atoms with Gasteiger partial charge in [-0.05, 0) is 47.0 Å². The molecular formula is C26H23NO6S. The Labute approximate surface area is 201 Å². The fourth-order valence-corrected chi connectivity index (χ4v) is 4.02. The second-order valence-electron chi connectivity index (χ2n) is 7.46. The van der Waals surface area contributed by atoms with E-state index in [4.69, 9.17) is 19.4 Å². The van der Waals surface area contributed by atoms with E-state index in [0.717, 1.165) is 29.3 Å². The molecule has 3 aromatic carbocycles. The Morgan fingerprint density at radius 3 is 2.50 bits per heavy atom. The summed E-state index contributed by atoms with van der Waals surface area (Å²) in [6.45, 7) is 0.733. The number of carbonyl (C=O) groups is 2. The number of nitrogens with zero attached hydrogens (tertiary/aromatic N) is 1. The first-order valence-corrected chi connectivity index (χ1v) is 11.4. The highest BCUT2D eigenvalue weighted by Crippen LogP contribution is 2.35. The van der Waals surface area contributed by atoms with Crippen molar-refractivity contribution in [2.24, 2.45) is 0 Å². The molecule has 3 aromatic rings. The largest absolute Gasteiger partial charge is 0.493 e. The molecule has 7 nitrogen and oxygen atoms in total. The van der Waals surface area contributed by atoms with Crippen molar-refractivity contribution in [1.29, 1.82) is 0 Å². The Morgan fingerprint density at radius 2 is 1.79 bits per heavy atom. The number of methoxy groups -OCH3 is 1. The lowest BCUT2D eigenvalue weighted by Gasteiger charge is -2.13. The molecule has 1 amide bonds. The number of ether oxygens (including phenoxy) is 2. The number of hydrogen-bond acceptors (Lipinski definition) is 6. The van der Waals surface area contributed by atoms with Gasteiger partial charge in [-0.15, -0.1) is 0 Å². The van der Waals surface area contributed by atoms with Gasteiger partial charge in [-0.25, -0.2) is 4.79 Å². The molecule has 0 aliphatic carbocycles. The van der Waals surface area contributed by atoms with E-state index in [0.29, 0.717) is 23.2 Å². The van der Waals surface area contributed by atoms with E-state index in [1.165, 1.54) is 22.8 Å². The van der Waals surface area contributed by atoms with Gasteiger partial charge in [0.2, 0.25) is 0 Å². The second kappa shape index (κ2) is 10.8. The van der Waals surface area contributed by atoms with Crippen molar-refractivity contribution in [3.63, 3.8) is 0 Å². The molecule has 34 heavy (non-hydrogen) atoms. The predicted octanol–water partition coefficient (Wildman–Crippen LogP) is 5.61. The van der Waals surface area contributed by atoms with E-state index in [1.807, 2.05) is 36.4 Å². The summed E-state index contributed by atoms with van der Waals surface area (Å²) in [5.41, 5.74) is 2.95. The summed E-state index contributed by atoms with van der Waals surface area (Å²) in [6, 6.07) is 22.0. The molecule has 0 saturated carbocycles. The van der Waals surface area contributed by atoms with Gasteiger partial charge in [-0.2, -0.15) is 5.06 Å². The highest BCUT2D eigenvalue weighted by Gasteiger charge is 2.28. The smallest absolute Gasteiger partial charge is 0.335 e. The molecule has 1 saturated heterocycles. The molecule has 0 atom stereocenters. The van der Waals surface area contributed by atoms with Gasteiger partial charge in [0.25, 0.3) is 0 Å². The lowest BCUT2D eigenvalue weighted by molar-refractivity contribution is -0.0501. The predicted molar refractivity (Wildman–Crippen MR) is 130 cm³/mol. The summed E-state index contributed by atoms with van der Waals surface area (Å²) >= 11 is 0.985. The monoisotopic (exact) mass is 477 g/mol. The van der Waals surface area contributed by atoms with E-state index in [1.54, 1.807) is 25.3 Å². The Bertz CT molecular complexity index is 1190. The molecular weight excluding hydrogens is 454 g/mol. The third-order valence-electron chi connectivity index (χ3n) is 5.08. The van der Waals surface area contributed by atoms with E-state index in [-0.39, 0.29) is 17.3 Å². The van der Waals surface area contributed by atoms with Crippen molar-refractivity contribution in [3.05, 3.63) is 100 Å². The summed E-state index contributed by atoms with van der Waals surface area (Å²) in [5.74, 6) is 0.235. The van der Waals surface area contributed by atoms with Crippen LogP contribution in [0.3, 0.4) is 0 Å². The van der Waals surface area contributed by atoms with Crippen LogP contribution in [0.1, 0.15) is 27.0 Å². The van der Waals surface area contributed by atoms with Crippen LogP contribution >= 0.6 is 11.8 Å². The van der Waals surface area contributed by atoms with Gasteiger partial charge in [0.1, 0.15) is 0 Å². The molecule has 0 aromatic heterocycles. The van der Waals surface area contributed by atoms with Gasteiger partial charge >= 0.3 is 11.2 Å². The van der Waals surface area contributed by atoms with E-state index in [2.05, 4.69) is 12.1 Å². The normalized spacial score (nSPS) is 14.2. The zero-order chi connectivity index (χ0) is 23.9. The molecule has 1 N–H and O–H groups in total. The van der Waals surface area contributed by atoms with Crippen molar-refractivity contribution in [2.75, 3.05) is 13.7 Å². The van der Waals surface area contributed by atoms with Gasteiger partial charge in [0, 0.05) is 18.2 Å². The van der Waals surface area contributed by atoms with Crippen LogP contribution in [-0.4, -0.2) is 35.1 Å². The molecule has 8 heteroatoms. The molecule has 0 unspecified atom stereocenters. The first kappa shape index (κ1) is 23.3. The van der Waals surface area contributed by atoms with Crippen LogP contribution in [0.15, 0.2) is 77.9 Å². The van der Waals surface area contributed by atoms with Gasteiger partial charge in [0.15, 0.2) is 16.6 Å². The number of amides is 1. The van der Waals surface area contributed by atoms with Crippen LogP contribution < -0.4 is 9.47 Å². The fraction of sp³-hybridized carbons (Fsp3) is 0.154. The van der Waals surface area contributed by atoms with Crippen molar-refractivity contribution < 1.29 is 29.0 Å². The van der Waals surface area contributed by atoms with E-state index >= 15 is 0 Å². The summed E-state index contributed by atoms with van der Waals surface area (Å²) in [4.78, 5) is 29.0. The second-order valence-corrected chi connectivity index (χ2v) is 8.41. The number of rotatable bonds is 9. The summed E-state index contributed by atoms with van der Waals surface area (Å²) < 4.78 is 11.4. The number of hydrogen-bond donors (Lipinski definition) is 1. The Morgan fingerprint density at radius 1 is 1.03 bits per heavy atom. The van der Waals surface area contributed by atoms with Crippen LogP contribution in [0.2, 0.25) is 0 Å². The van der Waals surface area contributed by atoms with Crippen LogP contribution in [0.25, 0.3) is 6.08 Å². The topological polar surface area (TPSA) is 85.3 Å². The van der Waals surface area contributed by atoms with Gasteiger partial charge < -0.3 is 19.4 Å². The zero-order valence-electron chi connectivity index (χ0n) is 18.5. The number of thioether (sulfide) groups is 1. The molecule has 174 valence electrons. The molecule has 1 aliphatic rings. The average molecular weight is 478 g/mol. The van der Waals surface area contributed by atoms with Crippen LogP contribution in [-0.2, 0) is 17.8 Å². The maximum absolute atomic E-state index is 12.4. The maximum Gasteiger partial charge on any atom is 0.335 e. The molecule has 0 spiro atoms. The van der Waals surface area contributed by atoms with E-state index in [9.17, 15) is 9.59 Å². The lowest BCUT2D eigenvalue weighted by atomic mass is 10.1. The average Bonchev–Trinajstić information content (AvgIpc) is 3.19. The number of aromatic carboxylic acids is 1. The Hall–Kier alpha value is -3.91.